The lowest BCUT2D eigenvalue weighted by atomic mass is 10.2. The van der Waals surface area contributed by atoms with Gasteiger partial charge < -0.3 is 4.43 Å². The van der Waals surface area contributed by atoms with E-state index < -0.39 is 8.32 Å². The Balaban J connectivity index is 2.54. The van der Waals surface area contributed by atoms with Crippen LogP contribution in [-0.4, -0.2) is 8.32 Å². The predicted octanol–water partition coefficient (Wildman–Crippen LogP) is 4.21. The van der Waals surface area contributed by atoms with Gasteiger partial charge in [0.05, 0.1) is 6.61 Å². The minimum Gasteiger partial charge on any atom is -0.413 e. The molecule has 0 fully saturated rings. The predicted molar refractivity (Wildman–Crippen MR) is 68.4 cm³/mol. The third-order valence-corrected chi connectivity index (χ3v) is 7.94. The van der Waals surface area contributed by atoms with Gasteiger partial charge in [-0.1, -0.05) is 51.1 Å². The van der Waals surface area contributed by atoms with Crippen LogP contribution in [0.25, 0.3) is 0 Å². The van der Waals surface area contributed by atoms with Crippen LogP contribution in [0.5, 0.6) is 0 Å². The van der Waals surface area contributed by atoms with Crippen LogP contribution in [0.1, 0.15) is 26.3 Å². The summed E-state index contributed by atoms with van der Waals surface area (Å²) in [6.45, 7) is 7.60. The van der Waals surface area contributed by atoms with Gasteiger partial charge in [0.25, 0.3) is 0 Å². The summed E-state index contributed by atoms with van der Waals surface area (Å²) in [6.07, 6.45) is 0. The van der Waals surface area contributed by atoms with E-state index in [9.17, 15) is 0 Å². The standard InChI is InChI=1S/C13H22OSi/c1-4-15(5-2,6-3)14-12-13-10-8-7-9-11-13/h7-11H,4-6,12H2,1-3H3. The highest BCUT2D eigenvalue weighted by Gasteiger charge is 2.28. The van der Waals surface area contributed by atoms with Gasteiger partial charge >= 0.3 is 0 Å². The van der Waals surface area contributed by atoms with Crippen LogP contribution in [0.3, 0.4) is 0 Å². The average Bonchev–Trinajstić information content (AvgIpc) is 2.33. The molecule has 84 valence electrons. The van der Waals surface area contributed by atoms with E-state index in [1.807, 2.05) is 6.07 Å². The van der Waals surface area contributed by atoms with E-state index in [1.165, 1.54) is 23.7 Å². The quantitative estimate of drug-likeness (QED) is 0.655. The Kier molecular flexibility index (Phi) is 5.06. The first-order valence-electron chi connectivity index (χ1n) is 5.94. The Labute approximate surface area is 94.6 Å². The third-order valence-electron chi connectivity index (χ3n) is 3.32. The fourth-order valence-corrected chi connectivity index (χ4v) is 4.45. The molecule has 0 amide bonds. The van der Waals surface area contributed by atoms with Crippen molar-refractivity contribution < 1.29 is 4.43 Å². The van der Waals surface area contributed by atoms with Crippen LogP contribution in [0.2, 0.25) is 18.1 Å². The van der Waals surface area contributed by atoms with Gasteiger partial charge in [-0.2, -0.15) is 0 Å². The molecular formula is C13H22OSi. The Morgan fingerprint density at radius 1 is 0.933 bits per heavy atom. The molecule has 0 saturated carbocycles. The van der Waals surface area contributed by atoms with Crippen molar-refractivity contribution in [1.82, 2.24) is 0 Å². The fourth-order valence-electron chi connectivity index (χ4n) is 1.87. The monoisotopic (exact) mass is 222 g/mol. The van der Waals surface area contributed by atoms with Crippen LogP contribution >= 0.6 is 0 Å². The third kappa shape index (κ3) is 3.47. The zero-order valence-electron chi connectivity index (χ0n) is 10.1. The highest BCUT2D eigenvalue weighted by molar-refractivity contribution is 6.73. The largest absolute Gasteiger partial charge is 0.413 e. The number of rotatable bonds is 6. The SMILES string of the molecule is CC[Si](CC)(CC)OCc1ccccc1. The van der Waals surface area contributed by atoms with Crippen LogP contribution in [0, 0.1) is 0 Å². The normalized spacial score (nSPS) is 11.7. The van der Waals surface area contributed by atoms with Gasteiger partial charge in [-0.05, 0) is 23.7 Å². The minimum atomic E-state index is -1.40. The van der Waals surface area contributed by atoms with E-state index in [1.54, 1.807) is 0 Å². The molecule has 0 aromatic heterocycles. The second kappa shape index (κ2) is 6.08. The first kappa shape index (κ1) is 12.5. The van der Waals surface area contributed by atoms with E-state index in [2.05, 4.69) is 45.0 Å². The van der Waals surface area contributed by atoms with Gasteiger partial charge in [-0.3, -0.25) is 0 Å². The molecule has 0 radical (unpaired) electrons. The Morgan fingerprint density at radius 2 is 1.47 bits per heavy atom. The Bertz CT molecular complexity index is 259. The molecule has 0 atom stereocenters. The molecule has 0 aliphatic heterocycles. The van der Waals surface area contributed by atoms with Gasteiger partial charge in [-0.15, -0.1) is 0 Å². The second-order valence-corrected chi connectivity index (χ2v) is 8.79. The van der Waals surface area contributed by atoms with Crippen LogP contribution in [0.4, 0.5) is 0 Å². The summed E-state index contributed by atoms with van der Waals surface area (Å²) in [5, 5.41) is 0. The van der Waals surface area contributed by atoms with Crippen LogP contribution in [-0.2, 0) is 11.0 Å². The summed E-state index contributed by atoms with van der Waals surface area (Å²) in [5.41, 5.74) is 1.30. The summed E-state index contributed by atoms with van der Waals surface area (Å²) in [6, 6.07) is 14.2. The van der Waals surface area contributed by atoms with Crippen molar-refractivity contribution in [1.29, 1.82) is 0 Å². The lowest BCUT2D eigenvalue weighted by Crippen LogP contribution is -2.35. The smallest absolute Gasteiger partial charge is 0.192 e. The Morgan fingerprint density at radius 3 is 1.93 bits per heavy atom. The molecule has 1 aromatic rings. The molecule has 1 aromatic carbocycles. The zero-order valence-corrected chi connectivity index (χ0v) is 11.1. The number of hydrogen-bond donors (Lipinski definition) is 0. The van der Waals surface area contributed by atoms with E-state index in [4.69, 9.17) is 4.43 Å². The molecule has 0 bridgehead atoms. The van der Waals surface area contributed by atoms with Crippen LogP contribution in [0.15, 0.2) is 30.3 Å². The first-order chi connectivity index (χ1) is 7.26. The molecule has 2 heteroatoms. The first-order valence-corrected chi connectivity index (χ1v) is 8.47. The number of hydrogen-bond acceptors (Lipinski definition) is 1. The highest BCUT2D eigenvalue weighted by atomic mass is 28.4. The van der Waals surface area contributed by atoms with Gasteiger partial charge in [0, 0.05) is 0 Å². The molecule has 1 rings (SSSR count). The number of benzene rings is 1. The molecule has 0 saturated heterocycles. The topological polar surface area (TPSA) is 9.23 Å². The maximum Gasteiger partial charge on any atom is 0.192 e. The summed E-state index contributed by atoms with van der Waals surface area (Å²) in [5.74, 6) is 0. The van der Waals surface area contributed by atoms with Crippen molar-refractivity contribution in [3.63, 3.8) is 0 Å². The molecule has 15 heavy (non-hydrogen) atoms. The van der Waals surface area contributed by atoms with Crippen molar-refractivity contribution >= 4 is 8.32 Å². The van der Waals surface area contributed by atoms with E-state index >= 15 is 0 Å². The fraction of sp³-hybridized carbons (Fsp3) is 0.538. The van der Waals surface area contributed by atoms with Gasteiger partial charge in [-0.25, -0.2) is 0 Å². The molecule has 0 unspecified atom stereocenters. The summed E-state index contributed by atoms with van der Waals surface area (Å²) >= 11 is 0. The lowest BCUT2D eigenvalue weighted by molar-refractivity contribution is 0.287. The molecule has 1 nitrogen and oxygen atoms in total. The molecular weight excluding hydrogens is 200 g/mol. The molecule has 0 N–H and O–H groups in total. The van der Waals surface area contributed by atoms with Crippen molar-refractivity contribution in [2.45, 2.75) is 45.5 Å². The zero-order chi connectivity index (χ0) is 11.1. The van der Waals surface area contributed by atoms with Gasteiger partial charge in [0.1, 0.15) is 0 Å². The minimum absolute atomic E-state index is 0.794. The van der Waals surface area contributed by atoms with Crippen molar-refractivity contribution in [3.8, 4) is 0 Å². The van der Waals surface area contributed by atoms with E-state index in [-0.39, 0.29) is 0 Å². The van der Waals surface area contributed by atoms with Gasteiger partial charge in [0.15, 0.2) is 8.32 Å². The Hall–Kier alpha value is -0.603. The molecule has 0 spiro atoms. The maximum atomic E-state index is 6.20. The lowest BCUT2D eigenvalue weighted by Gasteiger charge is -2.27. The molecule has 0 aliphatic carbocycles. The summed E-state index contributed by atoms with van der Waals surface area (Å²) in [7, 11) is -1.40. The summed E-state index contributed by atoms with van der Waals surface area (Å²) < 4.78 is 6.20. The second-order valence-electron chi connectivity index (χ2n) is 4.02. The van der Waals surface area contributed by atoms with Crippen LogP contribution < -0.4 is 0 Å². The van der Waals surface area contributed by atoms with E-state index in [0.29, 0.717) is 0 Å². The maximum absolute atomic E-state index is 6.20. The molecule has 0 heterocycles. The summed E-state index contributed by atoms with van der Waals surface area (Å²) in [4.78, 5) is 0. The van der Waals surface area contributed by atoms with Crippen molar-refractivity contribution in [3.05, 3.63) is 35.9 Å². The molecule has 0 aliphatic rings. The van der Waals surface area contributed by atoms with Gasteiger partial charge in [0.2, 0.25) is 0 Å². The van der Waals surface area contributed by atoms with E-state index in [0.717, 1.165) is 6.61 Å². The average molecular weight is 222 g/mol. The van der Waals surface area contributed by atoms with Crippen molar-refractivity contribution in [2.24, 2.45) is 0 Å². The van der Waals surface area contributed by atoms with Crippen molar-refractivity contribution in [2.75, 3.05) is 0 Å². The highest BCUT2D eigenvalue weighted by Crippen LogP contribution is 2.22.